The van der Waals surface area contributed by atoms with E-state index in [1.807, 2.05) is 12.1 Å². The molecule has 1 atom stereocenters. The van der Waals surface area contributed by atoms with Crippen LogP contribution in [0.25, 0.3) is 0 Å². The molecular formula is C18H17FO. The summed E-state index contributed by atoms with van der Waals surface area (Å²) in [6, 6.07) is 12.6. The highest BCUT2D eigenvalue weighted by molar-refractivity contribution is 6.02. The molecule has 0 amide bonds. The van der Waals surface area contributed by atoms with E-state index in [1.54, 1.807) is 13.0 Å². The average Bonchev–Trinajstić information content (AvgIpc) is 2.46. The summed E-state index contributed by atoms with van der Waals surface area (Å²) < 4.78 is 13.2. The lowest BCUT2D eigenvalue weighted by molar-refractivity contribution is 0.0950. The van der Waals surface area contributed by atoms with Crippen molar-refractivity contribution >= 4 is 5.78 Å². The number of benzene rings is 2. The fourth-order valence-corrected chi connectivity index (χ4v) is 3.12. The molecule has 3 rings (SSSR count). The molecule has 2 aromatic rings. The quantitative estimate of drug-likeness (QED) is 0.736. The van der Waals surface area contributed by atoms with Gasteiger partial charge in [0.15, 0.2) is 5.78 Å². The molecule has 1 nitrogen and oxygen atoms in total. The van der Waals surface area contributed by atoms with Gasteiger partial charge in [-0.3, -0.25) is 4.79 Å². The molecule has 20 heavy (non-hydrogen) atoms. The third kappa shape index (κ3) is 2.26. The maximum absolute atomic E-state index is 13.2. The van der Waals surface area contributed by atoms with Crippen molar-refractivity contribution < 1.29 is 9.18 Å². The van der Waals surface area contributed by atoms with E-state index >= 15 is 0 Å². The van der Waals surface area contributed by atoms with Crippen LogP contribution in [0.1, 0.15) is 45.8 Å². The summed E-state index contributed by atoms with van der Waals surface area (Å²) in [6.07, 6.45) is 2.96. The number of aryl methyl sites for hydroxylation is 2. The van der Waals surface area contributed by atoms with Crippen molar-refractivity contribution in [3.8, 4) is 0 Å². The van der Waals surface area contributed by atoms with Gasteiger partial charge in [0.05, 0.1) is 0 Å². The van der Waals surface area contributed by atoms with Crippen LogP contribution in [0.5, 0.6) is 0 Å². The number of halogens is 1. The Balaban J connectivity index is 2.00. The van der Waals surface area contributed by atoms with Gasteiger partial charge in [-0.05, 0) is 61.1 Å². The molecule has 0 spiro atoms. The lowest BCUT2D eigenvalue weighted by Gasteiger charge is -2.25. The zero-order valence-electron chi connectivity index (χ0n) is 11.5. The normalized spacial score (nSPS) is 17.6. The first-order chi connectivity index (χ1) is 9.66. The Morgan fingerprint density at radius 1 is 1.20 bits per heavy atom. The molecule has 1 aliphatic carbocycles. The third-order valence-electron chi connectivity index (χ3n) is 4.14. The summed E-state index contributed by atoms with van der Waals surface area (Å²) in [6.45, 7) is 1.80. The number of hydrogen-bond acceptors (Lipinski definition) is 1. The number of carbonyl (C=O) groups excluding carboxylic acids is 1. The van der Waals surface area contributed by atoms with E-state index < -0.39 is 0 Å². The van der Waals surface area contributed by atoms with Gasteiger partial charge in [-0.15, -0.1) is 0 Å². The molecule has 0 heterocycles. The molecule has 2 aromatic carbocycles. The Hall–Kier alpha value is -1.96. The third-order valence-corrected chi connectivity index (χ3v) is 4.14. The first-order valence-corrected chi connectivity index (χ1v) is 7.05. The molecule has 0 N–H and O–H groups in total. The molecule has 0 fully saturated rings. The Kier molecular flexibility index (Phi) is 3.39. The van der Waals surface area contributed by atoms with Crippen LogP contribution in [-0.2, 0) is 6.42 Å². The largest absolute Gasteiger partial charge is 0.293 e. The van der Waals surface area contributed by atoms with Crippen LogP contribution in [0.15, 0.2) is 42.5 Å². The highest BCUT2D eigenvalue weighted by Gasteiger charge is 2.27. The van der Waals surface area contributed by atoms with Gasteiger partial charge in [-0.1, -0.05) is 24.3 Å². The highest BCUT2D eigenvalue weighted by atomic mass is 19.1. The van der Waals surface area contributed by atoms with Gasteiger partial charge in [0, 0.05) is 11.5 Å². The van der Waals surface area contributed by atoms with E-state index in [9.17, 15) is 9.18 Å². The SMILES string of the molecule is Cc1cc(F)ccc1C(=O)C1CCCc2ccccc21. The minimum Gasteiger partial charge on any atom is -0.293 e. The van der Waals surface area contributed by atoms with Gasteiger partial charge >= 0.3 is 0 Å². The summed E-state index contributed by atoms with van der Waals surface area (Å²) >= 11 is 0. The summed E-state index contributed by atoms with van der Waals surface area (Å²) in [5.41, 5.74) is 3.79. The second-order valence-corrected chi connectivity index (χ2v) is 5.47. The van der Waals surface area contributed by atoms with Crippen LogP contribution in [-0.4, -0.2) is 5.78 Å². The maximum Gasteiger partial charge on any atom is 0.170 e. The van der Waals surface area contributed by atoms with Crippen molar-refractivity contribution in [1.82, 2.24) is 0 Å². The summed E-state index contributed by atoms with van der Waals surface area (Å²) in [5.74, 6) is -0.248. The van der Waals surface area contributed by atoms with Gasteiger partial charge in [0.1, 0.15) is 5.82 Å². The van der Waals surface area contributed by atoms with E-state index in [0.29, 0.717) is 5.56 Å². The Bertz CT molecular complexity index is 660. The number of hydrogen-bond donors (Lipinski definition) is 0. The molecule has 0 saturated carbocycles. The summed E-state index contributed by atoms with van der Waals surface area (Å²) in [5, 5.41) is 0. The maximum atomic E-state index is 13.2. The second-order valence-electron chi connectivity index (χ2n) is 5.47. The lowest BCUT2D eigenvalue weighted by atomic mass is 9.78. The molecule has 2 heteroatoms. The Morgan fingerprint density at radius 3 is 2.80 bits per heavy atom. The smallest absolute Gasteiger partial charge is 0.170 e. The van der Waals surface area contributed by atoms with Crippen molar-refractivity contribution in [3.63, 3.8) is 0 Å². The standard InChI is InChI=1S/C18H17FO/c1-12-11-14(19)9-10-15(12)18(20)17-8-4-6-13-5-2-3-7-16(13)17/h2-3,5,7,9-11,17H,4,6,8H2,1H3. The molecule has 0 bridgehead atoms. The van der Waals surface area contributed by atoms with Crippen LogP contribution in [0.3, 0.4) is 0 Å². The van der Waals surface area contributed by atoms with Crippen LogP contribution >= 0.6 is 0 Å². The van der Waals surface area contributed by atoms with E-state index in [2.05, 4.69) is 12.1 Å². The van der Waals surface area contributed by atoms with Gasteiger partial charge < -0.3 is 0 Å². The van der Waals surface area contributed by atoms with Crippen molar-refractivity contribution in [1.29, 1.82) is 0 Å². The Labute approximate surface area is 118 Å². The van der Waals surface area contributed by atoms with Crippen LogP contribution in [0.4, 0.5) is 4.39 Å². The number of rotatable bonds is 2. The van der Waals surface area contributed by atoms with Gasteiger partial charge in [-0.25, -0.2) is 4.39 Å². The van der Waals surface area contributed by atoms with Gasteiger partial charge in [0.2, 0.25) is 0 Å². The Morgan fingerprint density at radius 2 is 2.00 bits per heavy atom. The van der Waals surface area contributed by atoms with E-state index in [1.165, 1.54) is 17.7 Å². The monoisotopic (exact) mass is 268 g/mol. The minimum atomic E-state index is -0.289. The molecule has 0 saturated heterocycles. The fraction of sp³-hybridized carbons (Fsp3) is 0.278. The van der Waals surface area contributed by atoms with Crippen molar-refractivity contribution in [2.24, 2.45) is 0 Å². The summed E-state index contributed by atoms with van der Waals surface area (Å²) in [4.78, 5) is 12.8. The van der Waals surface area contributed by atoms with Crippen LogP contribution in [0.2, 0.25) is 0 Å². The van der Waals surface area contributed by atoms with E-state index in [4.69, 9.17) is 0 Å². The zero-order valence-corrected chi connectivity index (χ0v) is 11.5. The average molecular weight is 268 g/mol. The first kappa shape index (κ1) is 13.0. The van der Waals surface area contributed by atoms with Crippen LogP contribution < -0.4 is 0 Å². The van der Waals surface area contributed by atoms with E-state index in [0.717, 1.165) is 30.4 Å². The van der Waals surface area contributed by atoms with Crippen molar-refractivity contribution in [2.75, 3.05) is 0 Å². The van der Waals surface area contributed by atoms with E-state index in [-0.39, 0.29) is 17.5 Å². The molecule has 0 radical (unpaired) electrons. The molecular weight excluding hydrogens is 251 g/mol. The zero-order chi connectivity index (χ0) is 14.1. The number of fused-ring (bicyclic) bond motifs is 1. The van der Waals surface area contributed by atoms with Crippen LogP contribution in [0, 0.1) is 12.7 Å². The predicted octanol–water partition coefficient (Wildman–Crippen LogP) is 4.44. The molecule has 102 valence electrons. The molecule has 0 aliphatic heterocycles. The number of ketones is 1. The lowest BCUT2D eigenvalue weighted by Crippen LogP contribution is -2.19. The molecule has 1 aliphatic rings. The first-order valence-electron chi connectivity index (χ1n) is 7.05. The fourth-order valence-electron chi connectivity index (χ4n) is 3.12. The topological polar surface area (TPSA) is 17.1 Å². The molecule has 0 aromatic heterocycles. The van der Waals surface area contributed by atoms with Crippen molar-refractivity contribution in [2.45, 2.75) is 32.1 Å². The minimum absolute atomic E-state index is 0.0795. The predicted molar refractivity (Wildman–Crippen MR) is 77.6 cm³/mol. The second kappa shape index (κ2) is 5.20. The van der Waals surface area contributed by atoms with Gasteiger partial charge in [0.25, 0.3) is 0 Å². The number of carbonyl (C=O) groups is 1. The van der Waals surface area contributed by atoms with Crippen molar-refractivity contribution in [3.05, 3.63) is 70.5 Å². The number of Topliss-reactive ketones (excluding diaryl/α,β-unsaturated/α-hetero) is 1. The highest BCUT2D eigenvalue weighted by Crippen LogP contribution is 2.34. The van der Waals surface area contributed by atoms with Gasteiger partial charge in [-0.2, -0.15) is 0 Å². The summed E-state index contributed by atoms with van der Waals surface area (Å²) in [7, 11) is 0. The molecule has 1 unspecified atom stereocenters.